The number of anilines is 1. The van der Waals surface area contributed by atoms with Gasteiger partial charge in [0.2, 0.25) is 5.89 Å². The van der Waals surface area contributed by atoms with Gasteiger partial charge in [-0.25, -0.2) is 0 Å². The SMILES string of the molecule is Cc1nc(CCNc2nsnc2Cl)no1. The predicted octanol–water partition coefficient (Wildman–Crippen LogP) is 1.54. The van der Waals surface area contributed by atoms with E-state index in [1.165, 1.54) is 0 Å². The van der Waals surface area contributed by atoms with Gasteiger partial charge < -0.3 is 9.84 Å². The van der Waals surface area contributed by atoms with Gasteiger partial charge in [0, 0.05) is 19.9 Å². The van der Waals surface area contributed by atoms with Crippen LogP contribution in [0.15, 0.2) is 4.52 Å². The minimum Gasteiger partial charge on any atom is -0.366 e. The first-order valence-corrected chi connectivity index (χ1v) is 5.37. The number of hydrogen-bond donors (Lipinski definition) is 1. The van der Waals surface area contributed by atoms with Crippen molar-refractivity contribution >= 4 is 29.1 Å². The second-order valence-corrected chi connectivity index (χ2v) is 3.70. The Labute approximate surface area is 95.0 Å². The monoisotopic (exact) mass is 245 g/mol. The molecule has 0 aliphatic rings. The molecule has 0 atom stereocenters. The zero-order valence-electron chi connectivity index (χ0n) is 7.90. The highest BCUT2D eigenvalue weighted by Crippen LogP contribution is 2.17. The summed E-state index contributed by atoms with van der Waals surface area (Å²) < 4.78 is 12.6. The van der Waals surface area contributed by atoms with Gasteiger partial charge in [0.15, 0.2) is 16.8 Å². The summed E-state index contributed by atoms with van der Waals surface area (Å²) in [7, 11) is 0. The van der Waals surface area contributed by atoms with E-state index in [1.807, 2.05) is 0 Å². The van der Waals surface area contributed by atoms with Crippen LogP contribution in [0.4, 0.5) is 5.82 Å². The van der Waals surface area contributed by atoms with Gasteiger partial charge in [-0.1, -0.05) is 16.8 Å². The lowest BCUT2D eigenvalue weighted by molar-refractivity contribution is 0.387. The molecular formula is C7H8ClN5OS. The molecule has 0 bridgehead atoms. The molecule has 0 saturated carbocycles. The van der Waals surface area contributed by atoms with Crippen molar-refractivity contribution in [3.05, 3.63) is 16.9 Å². The first-order valence-electron chi connectivity index (χ1n) is 4.27. The number of rotatable bonds is 4. The fourth-order valence-electron chi connectivity index (χ4n) is 1.02. The third-order valence-corrected chi connectivity index (χ3v) is 2.55. The van der Waals surface area contributed by atoms with Crippen molar-refractivity contribution in [2.45, 2.75) is 13.3 Å². The van der Waals surface area contributed by atoms with Crippen LogP contribution in [0.1, 0.15) is 11.7 Å². The van der Waals surface area contributed by atoms with Gasteiger partial charge in [-0.15, -0.1) is 0 Å². The molecule has 0 amide bonds. The summed E-state index contributed by atoms with van der Waals surface area (Å²) in [5.74, 6) is 1.83. The molecule has 1 N–H and O–H groups in total. The van der Waals surface area contributed by atoms with Crippen LogP contribution in [0.2, 0.25) is 5.15 Å². The Kier molecular flexibility index (Phi) is 3.12. The second-order valence-electron chi connectivity index (χ2n) is 2.81. The summed E-state index contributed by atoms with van der Waals surface area (Å²) in [4.78, 5) is 4.07. The van der Waals surface area contributed by atoms with Crippen LogP contribution in [0.3, 0.4) is 0 Å². The van der Waals surface area contributed by atoms with E-state index >= 15 is 0 Å². The molecule has 0 aromatic carbocycles. The number of nitrogens with one attached hydrogen (secondary N) is 1. The van der Waals surface area contributed by atoms with Crippen LogP contribution in [-0.2, 0) is 6.42 Å². The standard InChI is InChI=1S/C7H8ClN5OS/c1-4-10-5(11-14-4)2-3-9-7-6(8)12-15-13-7/h2-3H2,1H3,(H,9,13). The highest BCUT2D eigenvalue weighted by Gasteiger charge is 2.05. The van der Waals surface area contributed by atoms with E-state index in [2.05, 4.69) is 24.2 Å². The highest BCUT2D eigenvalue weighted by atomic mass is 35.5. The molecule has 0 aliphatic carbocycles. The topological polar surface area (TPSA) is 76.7 Å². The molecule has 2 heterocycles. The lowest BCUT2D eigenvalue weighted by Gasteiger charge is -1.98. The van der Waals surface area contributed by atoms with Gasteiger partial charge in [0.1, 0.15) is 0 Å². The van der Waals surface area contributed by atoms with Gasteiger partial charge >= 0.3 is 0 Å². The molecule has 0 spiro atoms. The van der Waals surface area contributed by atoms with Crippen LogP contribution >= 0.6 is 23.3 Å². The summed E-state index contributed by atoms with van der Waals surface area (Å²) in [6, 6.07) is 0. The van der Waals surface area contributed by atoms with Crippen molar-refractivity contribution in [2.24, 2.45) is 0 Å². The molecule has 0 aliphatic heterocycles. The maximum atomic E-state index is 5.75. The summed E-state index contributed by atoms with van der Waals surface area (Å²) >= 11 is 6.82. The van der Waals surface area contributed by atoms with Crippen LogP contribution in [0, 0.1) is 6.92 Å². The second kappa shape index (κ2) is 4.54. The zero-order chi connectivity index (χ0) is 10.7. The number of aryl methyl sites for hydroxylation is 1. The quantitative estimate of drug-likeness (QED) is 0.881. The fraction of sp³-hybridized carbons (Fsp3) is 0.429. The number of halogens is 1. The van der Waals surface area contributed by atoms with E-state index in [0.717, 1.165) is 11.7 Å². The lowest BCUT2D eigenvalue weighted by Crippen LogP contribution is -2.06. The Morgan fingerprint density at radius 1 is 1.47 bits per heavy atom. The van der Waals surface area contributed by atoms with Crippen LogP contribution in [-0.4, -0.2) is 25.4 Å². The first kappa shape index (κ1) is 10.3. The molecule has 2 rings (SSSR count). The van der Waals surface area contributed by atoms with E-state index in [4.69, 9.17) is 16.1 Å². The molecule has 80 valence electrons. The van der Waals surface area contributed by atoms with Gasteiger partial charge in [-0.05, 0) is 0 Å². The Morgan fingerprint density at radius 2 is 2.33 bits per heavy atom. The summed E-state index contributed by atoms with van der Waals surface area (Å²) in [5.41, 5.74) is 0. The maximum Gasteiger partial charge on any atom is 0.223 e. The van der Waals surface area contributed by atoms with Gasteiger partial charge in [0.05, 0.1) is 11.7 Å². The first-order chi connectivity index (χ1) is 7.25. The normalized spacial score (nSPS) is 10.5. The molecule has 2 aromatic rings. The van der Waals surface area contributed by atoms with E-state index in [9.17, 15) is 0 Å². The average Bonchev–Trinajstić information content (AvgIpc) is 2.77. The highest BCUT2D eigenvalue weighted by molar-refractivity contribution is 6.99. The Balaban J connectivity index is 1.83. The number of hydrogen-bond acceptors (Lipinski definition) is 7. The van der Waals surface area contributed by atoms with E-state index < -0.39 is 0 Å². The molecule has 8 heteroatoms. The molecular weight excluding hydrogens is 238 g/mol. The van der Waals surface area contributed by atoms with Crippen molar-refractivity contribution in [1.29, 1.82) is 0 Å². The Morgan fingerprint density at radius 3 is 2.93 bits per heavy atom. The Hall–Kier alpha value is -1.21. The molecule has 15 heavy (non-hydrogen) atoms. The van der Waals surface area contributed by atoms with Crippen molar-refractivity contribution < 1.29 is 4.52 Å². The minimum absolute atomic E-state index is 0.393. The summed E-state index contributed by atoms with van der Waals surface area (Å²) in [6.45, 7) is 2.40. The average molecular weight is 246 g/mol. The van der Waals surface area contributed by atoms with E-state index in [0.29, 0.717) is 35.7 Å². The maximum absolute atomic E-state index is 5.75. The fourth-order valence-corrected chi connectivity index (χ4v) is 1.70. The molecule has 0 radical (unpaired) electrons. The molecule has 2 aromatic heterocycles. The zero-order valence-corrected chi connectivity index (χ0v) is 9.47. The largest absolute Gasteiger partial charge is 0.366 e. The Bertz CT molecular complexity index is 442. The van der Waals surface area contributed by atoms with Crippen molar-refractivity contribution in [3.8, 4) is 0 Å². The van der Waals surface area contributed by atoms with Crippen LogP contribution in [0.5, 0.6) is 0 Å². The smallest absolute Gasteiger partial charge is 0.223 e. The summed E-state index contributed by atoms with van der Waals surface area (Å²) in [6.07, 6.45) is 0.658. The van der Waals surface area contributed by atoms with Crippen molar-refractivity contribution in [2.75, 3.05) is 11.9 Å². The van der Waals surface area contributed by atoms with Crippen LogP contribution < -0.4 is 5.32 Å². The van der Waals surface area contributed by atoms with Crippen LogP contribution in [0.25, 0.3) is 0 Å². The van der Waals surface area contributed by atoms with E-state index in [-0.39, 0.29) is 0 Å². The minimum atomic E-state index is 0.393. The van der Waals surface area contributed by atoms with Crippen molar-refractivity contribution in [1.82, 2.24) is 18.9 Å². The third-order valence-electron chi connectivity index (χ3n) is 1.66. The molecule has 0 unspecified atom stereocenters. The number of aromatic nitrogens is 4. The predicted molar refractivity (Wildman–Crippen MR) is 56.1 cm³/mol. The number of nitrogens with zero attached hydrogens (tertiary/aromatic N) is 4. The van der Waals surface area contributed by atoms with Gasteiger partial charge in [0.25, 0.3) is 0 Å². The van der Waals surface area contributed by atoms with Gasteiger partial charge in [-0.2, -0.15) is 13.7 Å². The molecule has 0 fully saturated rings. The van der Waals surface area contributed by atoms with Gasteiger partial charge in [-0.3, -0.25) is 0 Å². The summed E-state index contributed by atoms with van der Waals surface area (Å²) in [5, 5.41) is 7.19. The third kappa shape index (κ3) is 2.63. The molecule has 6 nitrogen and oxygen atoms in total. The van der Waals surface area contributed by atoms with Crippen molar-refractivity contribution in [3.63, 3.8) is 0 Å². The van der Waals surface area contributed by atoms with E-state index in [1.54, 1.807) is 6.92 Å². The lowest BCUT2D eigenvalue weighted by atomic mass is 10.4. The molecule has 0 saturated heterocycles.